The molecule has 0 saturated carbocycles. The molecule has 2 aromatic carbocycles. The minimum Gasteiger partial charge on any atom is -0.468 e. The van der Waals surface area contributed by atoms with Gasteiger partial charge in [-0.25, -0.2) is 0 Å². The van der Waals surface area contributed by atoms with Crippen molar-refractivity contribution in [2.45, 2.75) is 43.4 Å². The molecule has 3 heterocycles. The van der Waals surface area contributed by atoms with E-state index in [0.29, 0.717) is 13.0 Å². The van der Waals surface area contributed by atoms with Crippen LogP contribution in [0.1, 0.15) is 41.7 Å². The SMILES string of the molecule is C#CCN[C@H]1C[C@@H]2c3[nH]c4ccccc4c3C[C@@H](C(=O)OC)N2[C@H](c2ccccc2)C1. The maximum atomic E-state index is 13.0. The van der Waals surface area contributed by atoms with Crippen molar-refractivity contribution in [3.8, 4) is 12.3 Å². The van der Waals surface area contributed by atoms with Crippen molar-refractivity contribution in [2.75, 3.05) is 13.7 Å². The molecule has 1 aromatic heterocycles. The number of nitrogens with zero attached hydrogens (tertiary/aromatic N) is 1. The van der Waals surface area contributed by atoms with E-state index in [4.69, 9.17) is 11.2 Å². The number of methoxy groups -OCH3 is 1. The summed E-state index contributed by atoms with van der Waals surface area (Å²) in [6.07, 6.45) is 7.97. The lowest BCUT2D eigenvalue weighted by Crippen LogP contribution is -2.55. The third-order valence-corrected chi connectivity index (χ3v) is 6.82. The molecule has 1 fully saturated rings. The van der Waals surface area contributed by atoms with E-state index < -0.39 is 0 Å². The van der Waals surface area contributed by atoms with Crippen molar-refractivity contribution in [1.82, 2.24) is 15.2 Å². The number of hydrogen-bond acceptors (Lipinski definition) is 4. The molecule has 0 spiro atoms. The lowest BCUT2D eigenvalue weighted by molar-refractivity contribution is -0.152. The van der Waals surface area contributed by atoms with Crippen LogP contribution < -0.4 is 5.32 Å². The number of terminal acetylenes is 1. The van der Waals surface area contributed by atoms with Gasteiger partial charge in [-0.1, -0.05) is 54.5 Å². The van der Waals surface area contributed by atoms with E-state index >= 15 is 0 Å². The second-order valence-electron chi connectivity index (χ2n) is 8.45. The molecule has 0 amide bonds. The molecule has 2 aliphatic heterocycles. The highest BCUT2D eigenvalue weighted by molar-refractivity contribution is 5.87. The standard InChI is InChI=1S/C26H27N3O2/c1-3-13-27-18-14-22(17-9-5-4-6-10-17)29-23(15-18)25-20(16-24(29)26(30)31-2)19-11-7-8-12-21(19)28-25/h1,4-12,18,22-24,27-28H,13-16H2,2H3/t18-,22+,23-,24+/m1/s1. The van der Waals surface area contributed by atoms with Gasteiger partial charge in [-0.3, -0.25) is 9.69 Å². The highest BCUT2D eigenvalue weighted by atomic mass is 16.5. The molecule has 5 nitrogen and oxygen atoms in total. The van der Waals surface area contributed by atoms with Crippen LogP contribution in [0.25, 0.3) is 10.9 Å². The molecule has 0 aliphatic carbocycles. The Labute approximate surface area is 182 Å². The molecular weight excluding hydrogens is 386 g/mol. The minimum atomic E-state index is -0.319. The van der Waals surface area contributed by atoms with Crippen LogP contribution in [0.15, 0.2) is 54.6 Å². The molecule has 158 valence electrons. The Kier molecular flexibility index (Phi) is 5.27. The van der Waals surface area contributed by atoms with Crippen molar-refractivity contribution in [2.24, 2.45) is 0 Å². The summed E-state index contributed by atoms with van der Waals surface area (Å²) >= 11 is 0. The number of hydrogen-bond donors (Lipinski definition) is 2. The van der Waals surface area contributed by atoms with E-state index in [1.54, 1.807) is 0 Å². The molecular formula is C26H27N3O2. The average molecular weight is 414 g/mol. The molecule has 31 heavy (non-hydrogen) atoms. The number of H-pyrrole nitrogens is 1. The largest absolute Gasteiger partial charge is 0.468 e. The minimum absolute atomic E-state index is 0.0782. The van der Waals surface area contributed by atoms with Crippen LogP contribution in [-0.2, 0) is 16.0 Å². The number of nitrogens with one attached hydrogen (secondary N) is 2. The Balaban J connectivity index is 1.65. The molecule has 5 heteroatoms. The molecule has 1 saturated heterocycles. The van der Waals surface area contributed by atoms with Crippen LogP contribution in [0, 0.1) is 12.3 Å². The first kappa shape index (κ1) is 19.9. The fourth-order valence-corrected chi connectivity index (χ4v) is 5.52. The summed E-state index contributed by atoms with van der Waals surface area (Å²) in [4.78, 5) is 19.1. The molecule has 3 aromatic rings. The summed E-state index contributed by atoms with van der Waals surface area (Å²) in [7, 11) is 1.49. The van der Waals surface area contributed by atoms with Gasteiger partial charge in [-0.2, -0.15) is 0 Å². The predicted octanol–water partition coefficient (Wildman–Crippen LogP) is 3.74. The summed E-state index contributed by atoms with van der Waals surface area (Å²) in [6, 6.07) is 18.9. The van der Waals surface area contributed by atoms with Crippen molar-refractivity contribution in [1.29, 1.82) is 0 Å². The molecule has 2 N–H and O–H groups in total. The quantitative estimate of drug-likeness (QED) is 0.505. The van der Waals surface area contributed by atoms with E-state index in [1.807, 2.05) is 12.1 Å². The van der Waals surface area contributed by atoms with Gasteiger partial charge in [-0.15, -0.1) is 6.42 Å². The number of ether oxygens (including phenoxy) is 1. The van der Waals surface area contributed by atoms with Crippen molar-refractivity contribution in [3.05, 3.63) is 71.4 Å². The number of aromatic amines is 1. The predicted molar refractivity (Wildman–Crippen MR) is 121 cm³/mol. The Morgan fingerprint density at radius 2 is 1.90 bits per heavy atom. The molecule has 4 atom stereocenters. The third kappa shape index (κ3) is 3.42. The van der Waals surface area contributed by atoms with Crippen LogP contribution in [-0.4, -0.2) is 41.6 Å². The van der Waals surface area contributed by atoms with Crippen molar-refractivity contribution >= 4 is 16.9 Å². The zero-order chi connectivity index (χ0) is 21.4. The molecule has 5 rings (SSSR count). The van der Waals surface area contributed by atoms with Crippen LogP contribution in [0.5, 0.6) is 0 Å². The second-order valence-corrected chi connectivity index (χ2v) is 8.45. The summed E-state index contributed by atoms with van der Waals surface area (Å²) in [5, 5.41) is 4.73. The number of fused-ring (bicyclic) bond motifs is 5. The average Bonchev–Trinajstić information content (AvgIpc) is 3.20. The van der Waals surface area contributed by atoms with E-state index in [1.165, 1.54) is 29.3 Å². The molecule has 2 aliphatic rings. The first-order chi connectivity index (χ1) is 15.2. The second kappa shape index (κ2) is 8.22. The van der Waals surface area contributed by atoms with Gasteiger partial charge in [-0.05, 0) is 30.0 Å². The lowest BCUT2D eigenvalue weighted by Gasteiger charge is -2.50. The Morgan fingerprint density at radius 1 is 1.16 bits per heavy atom. The number of esters is 1. The lowest BCUT2D eigenvalue weighted by atomic mass is 9.79. The maximum absolute atomic E-state index is 13.0. The first-order valence-corrected chi connectivity index (χ1v) is 10.9. The molecule has 0 radical (unpaired) electrons. The summed E-state index contributed by atoms with van der Waals surface area (Å²) in [6.45, 7) is 0.541. The number of benzene rings is 2. The fourth-order valence-electron chi connectivity index (χ4n) is 5.52. The molecule has 0 bridgehead atoms. The van der Waals surface area contributed by atoms with Crippen LogP contribution in [0.2, 0.25) is 0 Å². The maximum Gasteiger partial charge on any atom is 0.323 e. The van der Waals surface area contributed by atoms with E-state index in [-0.39, 0.29) is 30.1 Å². The number of piperidine rings is 1. The first-order valence-electron chi connectivity index (χ1n) is 10.9. The van der Waals surface area contributed by atoms with Crippen LogP contribution >= 0.6 is 0 Å². The Hall–Kier alpha value is -3.07. The van der Waals surface area contributed by atoms with E-state index in [0.717, 1.165) is 18.4 Å². The third-order valence-electron chi connectivity index (χ3n) is 6.82. The Bertz CT molecular complexity index is 1130. The van der Waals surface area contributed by atoms with E-state index in [2.05, 4.69) is 63.6 Å². The number of carbonyl (C=O) groups excluding carboxylic acids is 1. The zero-order valence-corrected chi connectivity index (χ0v) is 17.7. The van der Waals surface area contributed by atoms with Gasteiger partial charge in [0.25, 0.3) is 0 Å². The van der Waals surface area contributed by atoms with Crippen LogP contribution in [0.4, 0.5) is 0 Å². The normalized spacial score (nSPS) is 25.4. The number of carbonyl (C=O) groups is 1. The van der Waals surface area contributed by atoms with Gasteiger partial charge in [0.15, 0.2) is 0 Å². The van der Waals surface area contributed by atoms with Gasteiger partial charge in [0, 0.05) is 35.1 Å². The van der Waals surface area contributed by atoms with Gasteiger partial charge in [0.2, 0.25) is 0 Å². The molecule has 0 unspecified atom stereocenters. The smallest absolute Gasteiger partial charge is 0.323 e. The van der Waals surface area contributed by atoms with E-state index in [9.17, 15) is 4.79 Å². The van der Waals surface area contributed by atoms with Crippen molar-refractivity contribution < 1.29 is 9.53 Å². The highest BCUT2D eigenvalue weighted by Gasteiger charge is 2.48. The number of aromatic nitrogens is 1. The fraction of sp³-hybridized carbons (Fsp3) is 0.346. The monoisotopic (exact) mass is 413 g/mol. The Morgan fingerprint density at radius 3 is 2.68 bits per heavy atom. The van der Waals surface area contributed by atoms with Crippen LogP contribution in [0.3, 0.4) is 0 Å². The van der Waals surface area contributed by atoms with Crippen molar-refractivity contribution in [3.63, 3.8) is 0 Å². The summed E-state index contributed by atoms with van der Waals surface area (Å²) in [5.74, 6) is 2.54. The number of para-hydroxylation sites is 1. The number of rotatable bonds is 4. The topological polar surface area (TPSA) is 57.4 Å². The van der Waals surface area contributed by atoms with Gasteiger partial charge >= 0.3 is 5.97 Å². The highest BCUT2D eigenvalue weighted by Crippen LogP contribution is 2.48. The summed E-state index contributed by atoms with van der Waals surface area (Å²) in [5.41, 5.74) is 4.78. The van der Waals surface area contributed by atoms with Gasteiger partial charge < -0.3 is 15.0 Å². The zero-order valence-electron chi connectivity index (χ0n) is 17.7. The van der Waals surface area contributed by atoms with Gasteiger partial charge in [0.05, 0.1) is 19.7 Å². The summed E-state index contributed by atoms with van der Waals surface area (Å²) < 4.78 is 5.29. The van der Waals surface area contributed by atoms with Gasteiger partial charge in [0.1, 0.15) is 6.04 Å².